The highest BCUT2D eigenvalue weighted by atomic mass is 16.3. The fourth-order valence-corrected chi connectivity index (χ4v) is 2.75. The second kappa shape index (κ2) is 6.08. The van der Waals surface area contributed by atoms with Gasteiger partial charge in [0.05, 0.1) is 24.4 Å². The molecule has 0 saturated carbocycles. The summed E-state index contributed by atoms with van der Waals surface area (Å²) in [6.45, 7) is 1.86. The third-order valence-corrected chi connectivity index (χ3v) is 3.83. The van der Waals surface area contributed by atoms with Gasteiger partial charge in [0.2, 0.25) is 0 Å². The van der Waals surface area contributed by atoms with E-state index in [0.717, 1.165) is 0 Å². The van der Waals surface area contributed by atoms with Gasteiger partial charge >= 0.3 is 0 Å². The number of pyridine rings is 1. The van der Waals surface area contributed by atoms with E-state index in [9.17, 15) is 14.7 Å². The summed E-state index contributed by atoms with van der Waals surface area (Å²) in [6.07, 6.45) is 4.93. The van der Waals surface area contributed by atoms with Crippen LogP contribution in [-0.2, 0) is 16.1 Å². The number of aliphatic hydroxyl groups excluding tert-OH is 1. The van der Waals surface area contributed by atoms with Crippen molar-refractivity contribution in [3.8, 4) is 0 Å². The van der Waals surface area contributed by atoms with Gasteiger partial charge in [-0.1, -0.05) is 13.0 Å². The van der Waals surface area contributed by atoms with Crippen molar-refractivity contribution in [2.75, 3.05) is 0 Å². The lowest BCUT2D eigenvalue weighted by Gasteiger charge is -2.25. The van der Waals surface area contributed by atoms with E-state index in [0.29, 0.717) is 11.3 Å². The molecular weight excluding hydrogens is 296 g/mol. The Bertz CT molecular complexity index is 750. The Labute approximate surface area is 133 Å². The van der Waals surface area contributed by atoms with Crippen LogP contribution in [0.3, 0.4) is 0 Å². The number of aromatic nitrogens is 1. The minimum absolute atomic E-state index is 0.122. The van der Waals surface area contributed by atoms with Crippen LogP contribution in [0.2, 0.25) is 0 Å². The highest BCUT2D eigenvalue weighted by Crippen LogP contribution is 2.38. The summed E-state index contributed by atoms with van der Waals surface area (Å²) in [5, 5.41) is 10.2. The number of carbonyl (C=O) groups excluding carboxylic acids is 2. The van der Waals surface area contributed by atoms with Gasteiger partial charge in [0.1, 0.15) is 5.76 Å². The monoisotopic (exact) mass is 312 g/mol. The maximum absolute atomic E-state index is 12.4. The Kier molecular flexibility index (Phi) is 3.97. The minimum Gasteiger partial charge on any atom is -0.503 e. The average molecular weight is 312 g/mol. The van der Waals surface area contributed by atoms with E-state index in [2.05, 4.69) is 4.98 Å². The molecule has 1 unspecified atom stereocenters. The molecule has 0 aliphatic carbocycles. The summed E-state index contributed by atoms with van der Waals surface area (Å²) in [7, 11) is 0. The highest BCUT2D eigenvalue weighted by molar-refractivity contribution is 6.08. The van der Waals surface area contributed by atoms with Gasteiger partial charge in [-0.2, -0.15) is 0 Å². The van der Waals surface area contributed by atoms with Crippen molar-refractivity contribution in [3.05, 3.63) is 65.6 Å². The quantitative estimate of drug-likeness (QED) is 0.917. The molecule has 1 amide bonds. The van der Waals surface area contributed by atoms with Crippen molar-refractivity contribution >= 4 is 11.7 Å². The van der Waals surface area contributed by atoms with E-state index in [1.165, 1.54) is 11.2 Å². The lowest BCUT2D eigenvalue weighted by atomic mass is 9.96. The minimum atomic E-state index is -0.659. The van der Waals surface area contributed by atoms with Gasteiger partial charge < -0.3 is 14.4 Å². The molecule has 2 aromatic rings. The maximum Gasteiger partial charge on any atom is 0.290 e. The Morgan fingerprint density at radius 1 is 1.39 bits per heavy atom. The van der Waals surface area contributed by atoms with Gasteiger partial charge in [0.15, 0.2) is 11.5 Å². The van der Waals surface area contributed by atoms with Crippen molar-refractivity contribution in [2.24, 2.45) is 0 Å². The maximum atomic E-state index is 12.4. The predicted octanol–water partition coefficient (Wildman–Crippen LogP) is 2.55. The molecule has 6 nitrogen and oxygen atoms in total. The molecule has 0 fully saturated rings. The van der Waals surface area contributed by atoms with Crippen LogP contribution in [0, 0.1) is 0 Å². The molecule has 1 N–H and O–H groups in total. The molecule has 0 aromatic carbocycles. The summed E-state index contributed by atoms with van der Waals surface area (Å²) in [4.78, 5) is 30.2. The fraction of sp³-hybridized carbons (Fsp3) is 0.235. The zero-order chi connectivity index (χ0) is 16.4. The van der Waals surface area contributed by atoms with Crippen LogP contribution >= 0.6 is 0 Å². The molecule has 0 saturated heterocycles. The SMILES string of the molecule is CCC(=O)C1=C(O)C(=O)N(Cc2ccco2)C1c1cccnc1. The third-order valence-electron chi connectivity index (χ3n) is 3.83. The van der Waals surface area contributed by atoms with Crippen LogP contribution in [0.5, 0.6) is 0 Å². The number of amides is 1. The second-order valence-electron chi connectivity index (χ2n) is 5.24. The summed E-state index contributed by atoms with van der Waals surface area (Å²) >= 11 is 0. The van der Waals surface area contributed by atoms with Crippen LogP contribution < -0.4 is 0 Å². The Hall–Kier alpha value is -2.89. The first-order valence-electron chi connectivity index (χ1n) is 7.33. The van der Waals surface area contributed by atoms with Crippen LogP contribution in [-0.4, -0.2) is 26.7 Å². The number of rotatable bonds is 5. The third kappa shape index (κ3) is 2.63. The lowest BCUT2D eigenvalue weighted by molar-refractivity contribution is -0.130. The highest BCUT2D eigenvalue weighted by Gasteiger charge is 2.43. The number of hydrogen-bond donors (Lipinski definition) is 1. The Morgan fingerprint density at radius 2 is 2.22 bits per heavy atom. The summed E-state index contributed by atoms with van der Waals surface area (Å²) in [6, 6.07) is 6.31. The Balaban J connectivity index is 2.05. The zero-order valence-corrected chi connectivity index (χ0v) is 12.6. The van der Waals surface area contributed by atoms with Crippen LogP contribution in [0.25, 0.3) is 0 Å². The van der Waals surface area contributed by atoms with Crippen LogP contribution in [0.4, 0.5) is 0 Å². The van der Waals surface area contributed by atoms with Gasteiger partial charge in [-0.25, -0.2) is 0 Å². The normalized spacial score (nSPS) is 17.9. The first-order chi connectivity index (χ1) is 11.1. The van der Waals surface area contributed by atoms with Crippen molar-refractivity contribution in [2.45, 2.75) is 25.9 Å². The Morgan fingerprint density at radius 3 is 2.83 bits per heavy atom. The molecule has 1 atom stereocenters. The molecule has 6 heteroatoms. The summed E-state index contributed by atoms with van der Waals surface area (Å²) < 4.78 is 5.29. The first-order valence-corrected chi connectivity index (χ1v) is 7.33. The van der Waals surface area contributed by atoms with Gasteiger partial charge in [-0.15, -0.1) is 0 Å². The van der Waals surface area contributed by atoms with Crippen molar-refractivity contribution in [1.29, 1.82) is 0 Å². The number of furan rings is 1. The van der Waals surface area contributed by atoms with Crippen LogP contribution in [0.15, 0.2) is 58.7 Å². The van der Waals surface area contributed by atoms with Gasteiger partial charge in [0, 0.05) is 18.8 Å². The molecule has 0 radical (unpaired) electrons. The predicted molar refractivity (Wildman–Crippen MR) is 81.2 cm³/mol. The molecule has 1 aliphatic heterocycles. The van der Waals surface area contributed by atoms with E-state index in [-0.39, 0.29) is 24.3 Å². The molecule has 3 heterocycles. The molecule has 2 aromatic heterocycles. The van der Waals surface area contributed by atoms with Crippen molar-refractivity contribution in [3.63, 3.8) is 0 Å². The largest absolute Gasteiger partial charge is 0.503 e. The zero-order valence-electron chi connectivity index (χ0n) is 12.6. The van der Waals surface area contributed by atoms with Crippen molar-refractivity contribution < 1.29 is 19.1 Å². The number of ketones is 1. The van der Waals surface area contributed by atoms with E-state index in [4.69, 9.17) is 4.42 Å². The molecular formula is C17H16N2O4. The lowest BCUT2D eigenvalue weighted by Crippen LogP contribution is -2.30. The number of Topliss-reactive ketones (excluding diaryl/α,β-unsaturated/α-hetero) is 1. The number of aliphatic hydroxyl groups is 1. The molecule has 118 valence electrons. The van der Waals surface area contributed by atoms with E-state index in [1.807, 2.05) is 0 Å². The molecule has 1 aliphatic rings. The second-order valence-corrected chi connectivity index (χ2v) is 5.24. The smallest absolute Gasteiger partial charge is 0.290 e. The van der Waals surface area contributed by atoms with Gasteiger partial charge in [-0.05, 0) is 23.8 Å². The number of carbonyl (C=O) groups is 2. The number of nitrogens with zero attached hydrogens (tertiary/aromatic N) is 2. The summed E-state index contributed by atoms with van der Waals surface area (Å²) in [5.74, 6) is -0.749. The van der Waals surface area contributed by atoms with E-state index in [1.54, 1.807) is 43.6 Å². The first kappa shape index (κ1) is 15.0. The van der Waals surface area contributed by atoms with E-state index < -0.39 is 17.7 Å². The molecule has 3 rings (SSSR count). The average Bonchev–Trinajstić information content (AvgIpc) is 3.17. The van der Waals surface area contributed by atoms with Gasteiger partial charge in [0.25, 0.3) is 5.91 Å². The fourth-order valence-electron chi connectivity index (χ4n) is 2.75. The van der Waals surface area contributed by atoms with Crippen molar-refractivity contribution in [1.82, 2.24) is 9.88 Å². The molecule has 0 spiro atoms. The number of hydrogen-bond acceptors (Lipinski definition) is 5. The van der Waals surface area contributed by atoms with Gasteiger partial charge in [-0.3, -0.25) is 14.6 Å². The molecule has 23 heavy (non-hydrogen) atoms. The van der Waals surface area contributed by atoms with E-state index >= 15 is 0 Å². The standard InChI is InChI=1S/C17H16N2O4/c1-2-13(20)14-15(11-5-3-7-18-9-11)19(17(22)16(14)21)10-12-6-4-8-23-12/h3-9,15,21H,2,10H2,1H3. The topological polar surface area (TPSA) is 83.6 Å². The molecule has 0 bridgehead atoms. The summed E-state index contributed by atoms with van der Waals surface area (Å²) in [5.41, 5.74) is 0.797. The van der Waals surface area contributed by atoms with Crippen LogP contribution in [0.1, 0.15) is 30.7 Å².